The van der Waals surface area contributed by atoms with Gasteiger partial charge in [-0.25, -0.2) is 4.98 Å². The molecule has 1 saturated carbocycles. The maximum absolute atomic E-state index is 10.4. The Kier molecular flexibility index (Phi) is 12.3. The zero-order valence-corrected chi connectivity index (χ0v) is 17.4. The van der Waals surface area contributed by atoms with Gasteiger partial charge in [0, 0.05) is 11.4 Å². The van der Waals surface area contributed by atoms with E-state index in [-0.39, 0.29) is 5.75 Å². The van der Waals surface area contributed by atoms with Crippen LogP contribution < -0.4 is 17.2 Å². The second-order valence-corrected chi connectivity index (χ2v) is 7.33. The highest BCUT2D eigenvalue weighted by Crippen LogP contribution is 2.21. The number of aromatic hydroxyl groups is 1. The molecule has 30 heavy (non-hydrogen) atoms. The van der Waals surface area contributed by atoms with Crippen LogP contribution in [0.25, 0.3) is 10.9 Å². The molecule has 0 bridgehead atoms. The van der Waals surface area contributed by atoms with Crippen molar-refractivity contribution in [1.29, 1.82) is 0 Å². The van der Waals surface area contributed by atoms with Crippen LogP contribution in [0.5, 0.6) is 5.75 Å². The number of aldehydes is 1. The lowest BCUT2D eigenvalue weighted by Gasteiger charge is -2.15. The van der Waals surface area contributed by atoms with Crippen molar-refractivity contribution in [3.8, 4) is 5.75 Å². The van der Waals surface area contributed by atoms with Gasteiger partial charge in [-0.3, -0.25) is 9.59 Å². The van der Waals surface area contributed by atoms with E-state index < -0.39 is 12.0 Å². The van der Waals surface area contributed by atoms with Gasteiger partial charge in [0.1, 0.15) is 23.0 Å². The Hall–Kier alpha value is -2.55. The number of nitrogens with zero attached hydrogens (tertiary/aromatic N) is 1. The van der Waals surface area contributed by atoms with Crippen molar-refractivity contribution < 1.29 is 19.8 Å². The number of rotatable bonds is 6. The molecule has 1 heterocycles. The van der Waals surface area contributed by atoms with Crippen LogP contribution in [-0.4, -0.2) is 46.1 Å². The maximum atomic E-state index is 10.4. The standard InChI is InChI=1S/C10H7NO2.C6H14N2O2.C6H13N/c12-6-8-5-4-7-2-1-3-9(13)10(7)11-8;7-4-2-1-3-5(8)6(9)10;7-6-4-2-1-3-5-6/h1-6,13H;5H,1-4,7-8H2,(H,9,10);6H,1-5,7H2. The van der Waals surface area contributed by atoms with Crippen molar-refractivity contribution in [2.45, 2.75) is 63.5 Å². The van der Waals surface area contributed by atoms with Crippen LogP contribution in [-0.2, 0) is 4.79 Å². The zero-order chi connectivity index (χ0) is 22.4. The van der Waals surface area contributed by atoms with Crippen molar-refractivity contribution in [1.82, 2.24) is 4.98 Å². The van der Waals surface area contributed by atoms with E-state index in [1.807, 2.05) is 6.07 Å². The third-order valence-corrected chi connectivity index (χ3v) is 4.78. The molecule has 1 aromatic carbocycles. The number of carbonyl (C=O) groups excluding carboxylic acids is 1. The summed E-state index contributed by atoms with van der Waals surface area (Å²) in [4.78, 5) is 24.5. The minimum Gasteiger partial charge on any atom is -0.506 e. The number of para-hydroxylation sites is 1. The van der Waals surface area contributed by atoms with Crippen LogP contribution in [0.15, 0.2) is 30.3 Å². The van der Waals surface area contributed by atoms with E-state index in [0.717, 1.165) is 18.2 Å². The smallest absolute Gasteiger partial charge is 0.320 e. The first-order valence-corrected chi connectivity index (χ1v) is 10.4. The molecule has 0 aliphatic heterocycles. The van der Waals surface area contributed by atoms with E-state index >= 15 is 0 Å². The summed E-state index contributed by atoms with van der Waals surface area (Å²) in [5.41, 5.74) is 16.8. The lowest BCUT2D eigenvalue weighted by atomic mass is 9.97. The summed E-state index contributed by atoms with van der Waals surface area (Å²) >= 11 is 0. The number of aliphatic carboxylic acids is 1. The number of fused-ring (bicyclic) bond motifs is 1. The van der Waals surface area contributed by atoms with Gasteiger partial charge in [-0.05, 0) is 44.4 Å². The van der Waals surface area contributed by atoms with Crippen LogP contribution in [0.1, 0.15) is 61.9 Å². The predicted octanol–water partition coefficient (Wildman–Crippen LogP) is 2.56. The topological polar surface area (TPSA) is 166 Å². The number of pyridine rings is 1. The quantitative estimate of drug-likeness (QED) is 0.352. The summed E-state index contributed by atoms with van der Waals surface area (Å²) in [6.07, 6.45) is 9.49. The average Bonchev–Trinajstić information content (AvgIpc) is 2.75. The largest absolute Gasteiger partial charge is 0.506 e. The Balaban J connectivity index is 0.000000237. The number of aromatic nitrogens is 1. The number of hydrogen-bond acceptors (Lipinski definition) is 7. The van der Waals surface area contributed by atoms with Crippen molar-refractivity contribution in [2.24, 2.45) is 17.2 Å². The van der Waals surface area contributed by atoms with E-state index in [1.54, 1.807) is 24.3 Å². The fraction of sp³-hybridized carbons (Fsp3) is 0.500. The molecule has 1 unspecified atom stereocenters. The van der Waals surface area contributed by atoms with Gasteiger partial charge >= 0.3 is 5.97 Å². The Morgan fingerprint density at radius 2 is 1.87 bits per heavy atom. The van der Waals surface area contributed by atoms with Crippen molar-refractivity contribution in [3.63, 3.8) is 0 Å². The van der Waals surface area contributed by atoms with Crippen molar-refractivity contribution in [3.05, 3.63) is 36.0 Å². The molecule has 0 spiro atoms. The molecule has 1 aliphatic rings. The second kappa shape index (κ2) is 14.4. The summed E-state index contributed by atoms with van der Waals surface area (Å²) in [6, 6.07) is 8.31. The van der Waals surface area contributed by atoms with Crippen molar-refractivity contribution >= 4 is 23.2 Å². The lowest BCUT2D eigenvalue weighted by Crippen LogP contribution is -2.29. The molecule has 0 radical (unpaired) electrons. The molecule has 8 nitrogen and oxygen atoms in total. The number of hydrogen-bond donors (Lipinski definition) is 5. The van der Waals surface area contributed by atoms with E-state index in [0.29, 0.717) is 36.5 Å². The summed E-state index contributed by atoms with van der Waals surface area (Å²) in [5.74, 6) is -0.835. The molecule has 8 N–H and O–H groups in total. The first kappa shape index (κ1) is 25.5. The van der Waals surface area contributed by atoms with Crippen LogP contribution in [0.2, 0.25) is 0 Å². The molecule has 2 aromatic rings. The van der Waals surface area contributed by atoms with E-state index in [1.165, 1.54) is 32.1 Å². The minimum atomic E-state index is -0.933. The van der Waals surface area contributed by atoms with E-state index in [9.17, 15) is 14.7 Å². The summed E-state index contributed by atoms with van der Waals surface area (Å²) in [7, 11) is 0. The second-order valence-electron chi connectivity index (χ2n) is 7.33. The van der Waals surface area contributed by atoms with E-state index in [2.05, 4.69) is 4.98 Å². The third kappa shape index (κ3) is 9.78. The normalized spacial score (nSPS) is 14.6. The Morgan fingerprint density at radius 3 is 2.40 bits per heavy atom. The molecular formula is C22H34N4O4. The van der Waals surface area contributed by atoms with Gasteiger partial charge in [0.25, 0.3) is 0 Å². The van der Waals surface area contributed by atoms with E-state index in [4.69, 9.17) is 22.3 Å². The number of nitrogens with two attached hydrogens (primary N) is 3. The monoisotopic (exact) mass is 418 g/mol. The molecule has 1 fully saturated rings. The fourth-order valence-corrected chi connectivity index (χ4v) is 2.98. The van der Waals surface area contributed by atoms with Gasteiger partial charge in [-0.1, -0.05) is 43.9 Å². The SMILES string of the molecule is NC1CCCCC1.NCCCCC(N)C(=O)O.O=Cc1ccc2cccc(O)c2n1. The number of unbranched alkanes of at least 4 members (excludes halogenated alkanes) is 1. The van der Waals surface area contributed by atoms with Crippen LogP contribution in [0.3, 0.4) is 0 Å². The number of benzene rings is 1. The predicted molar refractivity (Wildman–Crippen MR) is 118 cm³/mol. The molecule has 3 rings (SSSR count). The first-order valence-electron chi connectivity index (χ1n) is 10.4. The van der Waals surface area contributed by atoms with Crippen molar-refractivity contribution in [2.75, 3.05) is 6.54 Å². The molecule has 166 valence electrons. The van der Waals surface area contributed by atoms with Gasteiger partial charge in [-0.15, -0.1) is 0 Å². The zero-order valence-electron chi connectivity index (χ0n) is 17.4. The summed E-state index contributed by atoms with van der Waals surface area (Å²) < 4.78 is 0. The molecule has 0 saturated heterocycles. The molecular weight excluding hydrogens is 384 g/mol. The highest BCUT2D eigenvalue weighted by atomic mass is 16.4. The number of carboxylic acids is 1. The van der Waals surface area contributed by atoms with Crippen LogP contribution >= 0.6 is 0 Å². The number of carbonyl (C=O) groups is 2. The van der Waals surface area contributed by atoms with Gasteiger partial charge in [0.2, 0.25) is 0 Å². The highest BCUT2D eigenvalue weighted by molar-refractivity contribution is 5.87. The summed E-state index contributed by atoms with van der Waals surface area (Å²) in [5, 5.41) is 18.6. The highest BCUT2D eigenvalue weighted by Gasteiger charge is 2.09. The number of phenolic OH excluding ortho intramolecular Hbond substituents is 1. The van der Waals surface area contributed by atoms with Crippen LogP contribution in [0.4, 0.5) is 0 Å². The van der Waals surface area contributed by atoms with Gasteiger partial charge in [-0.2, -0.15) is 0 Å². The lowest BCUT2D eigenvalue weighted by molar-refractivity contribution is -0.138. The number of carboxylic acid groups (broad SMARTS) is 1. The van der Waals surface area contributed by atoms with Crippen LogP contribution in [0, 0.1) is 0 Å². The molecule has 1 aliphatic carbocycles. The fourth-order valence-electron chi connectivity index (χ4n) is 2.98. The first-order chi connectivity index (χ1) is 14.4. The Morgan fingerprint density at radius 1 is 1.17 bits per heavy atom. The molecule has 8 heteroatoms. The molecule has 1 atom stereocenters. The Bertz CT molecular complexity index is 779. The van der Waals surface area contributed by atoms with Gasteiger partial charge < -0.3 is 27.4 Å². The maximum Gasteiger partial charge on any atom is 0.320 e. The minimum absolute atomic E-state index is 0.0983. The van der Waals surface area contributed by atoms with Gasteiger partial charge in [0.15, 0.2) is 6.29 Å². The molecule has 0 amide bonds. The number of phenols is 1. The Labute approximate surface area is 177 Å². The molecule has 1 aromatic heterocycles. The average molecular weight is 419 g/mol. The summed E-state index contributed by atoms with van der Waals surface area (Å²) in [6.45, 7) is 0.604. The van der Waals surface area contributed by atoms with Gasteiger partial charge in [0.05, 0.1) is 0 Å². The third-order valence-electron chi connectivity index (χ3n) is 4.78.